The lowest BCUT2D eigenvalue weighted by atomic mass is 10.1. The van der Waals surface area contributed by atoms with Crippen molar-refractivity contribution < 1.29 is 4.79 Å². The lowest BCUT2D eigenvalue weighted by Crippen LogP contribution is -2.08. The molecule has 4 rings (SSSR count). The minimum atomic E-state index is -0.138. The van der Waals surface area contributed by atoms with E-state index in [4.69, 9.17) is 5.73 Å². The molecule has 0 atom stereocenters. The maximum atomic E-state index is 11.7. The number of rotatable bonds is 3. The van der Waals surface area contributed by atoms with Gasteiger partial charge in [-0.25, -0.2) is 4.98 Å². The molecule has 0 radical (unpaired) electrons. The van der Waals surface area contributed by atoms with E-state index in [1.54, 1.807) is 0 Å². The molecule has 0 unspecified atom stereocenters. The second kappa shape index (κ2) is 6.37. The van der Waals surface area contributed by atoms with E-state index in [-0.39, 0.29) is 5.91 Å². The zero-order chi connectivity index (χ0) is 18.1. The van der Waals surface area contributed by atoms with Crippen LogP contribution in [-0.4, -0.2) is 15.3 Å². The lowest BCUT2D eigenvalue weighted by molar-refractivity contribution is -0.114. The van der Waals surface area contributed by atoms with E-state index >= 15 is 0 Å². The predicted octanol–water partition coefficient (Wildman–Crippen LogP) is 4.21. The van der Waals surface area contributed by atoms with Gasteiger partial charge in [-0.15, -0.1) is 0 Å². The molecule has 0 saturated heterocycles. The summed E-state index contributed by atoms with van der Waals surface area (Å²) in [5.74, 6) is -0.138. The van der Waals surface area contributed by atoms with Crippen LogP contribution in [0, 0.1) is 0 Å². The molecule has 0 spiro atoms. The van der Waals surface area contributed by atoms with Crippen LogP contribution in [0.5, 0.6) is 0 Å². The molecule has 5 heteroatoms. The Balaban J connectivity index is 1.97. The van der Waals surface area contributed by atoms with Crippen LogP contribution in [0.4, 0.5) is 11.4 Å². The van der Waals surface area contributed by atoms with Gasteiger partial charge in [0.25, 0.3) is 0 Å². The van der Waals surface area contributed by atoms with E-state index in [2.05, 4.69) is 10.3 Å². The second-order valence-electron chi connectivity index (χ2n) is 6.15. The zero-order valence-corrected chi connectivity index (χ0v) is 14.3. The number of hydrogen-bond acceptors (Lipinski definition) is 3. The number of nitrogens with one attached hydrogen (secondary N) is 1. The van der Waals surface area contributed by atoms with Gasteiger partial charge in [0.05, 0.1) is 17.6 Å². The highest BCUT2D eigenvalue weighted by atomic mass is 16.1. The number of amides is 1. The number of imidazole rings is 1. The van der Waals surface area contributed by atoms with Crippen molar-refractivity contribution in [2.24, 2.45) is 0 Å². The standard InChI is InChI=1S/C21H18N4O/c1-14(26)24-19-11-17(16-8-5-9-18(22)10-16)13-25-20(12-23-21(19)25)15-6-3-2-4-7-15/h2-13H,22H2,1H3,(H,24,26). The first-order valence-corrected chi connectivity index (χ1v) is 8.32. The molecule has 0 fully saturated rings. The normalized spacial score (nSPS) is 10.8. The molecular formula is C21H18N4O. The first kappa shape index (κ1) is 15.9. The molecule has 0 aliphatic heterocycles. The van der Waals surface area contributed by atoms with Crippen molar-refractivity contribution in [3.05, 3.63) is 73.1 Å². The van der Waals surface area contributed by atoms with E-state index in [1.165, 1.54) is 6.92 Å². The number of benzene rings is 2. The van der Waals surface area contributed by atoms with Crippen molar-refractivity contribution in [2.45, 2.75) is 6.92 Å². The summed E-state index contributed by atoms with van der Waals surface area (Å²) in [6, 6.07) is 19.6. The molecule has 3 N–H and O–H groups in total. The van der Waals surface area contributed by atoms with Crippen molar-refractivity contribution in [2.75, 3.05) is 11.1 Å². The van der Waals surface area contributed by atoms with Gasteiger partial charge in [0, 0.05) is 29.9 Å². The first-order chi connectivity index (χ1) is 12.6. The third-order valence-corrected chi connectivity index (χ3v) is 4.21. The highest BCUT2D eigenvalue weighted by Crippen LogP contribution is 2.30. The minimum Gasteiger partial charge on any atom is -0.399 e. The van der Waals surface area contributed by atoms with Crippen LogP contribution < -0.4 is 11.1 Å². The van der Waals surface area contributed by atoms with E-state index in [1.807, 2.05) is 77.5 Å². The molecule has 2 aromatic carbocycles. The molecule has 4 aromatic rings. The van der Waals surface area contributed by atoms with Crippen LogP contribution in [0.25, 0.3) is 28.0 Å². The number of nitrogens with two attached hydrogens (primary N) is 1. The average molecular weight is 342 g/mol. The van der Waals surface area contributed by atoms with Crippen LogP contribution in [-0.2, 0) is 4.79 Å². The van der Waals surface area contributed by atoms with Gasteiger partial charge in [0.1, 0.15) is 0 Å². The van der Waals surface area contributed by atoms with Crippen molar-refractivity contribution in [1.82, 2.24) is 9.38 Å². The Morgan fingerprint density at radius 1 is 1.00 bits per heavy atom. The Hall–Kier alpha value is -3.60. The van der Waals surface area contributed by atoms with Crippen LogP contribution in [0.2, 0.25) is 0 Å². The monoisotopic (exact) mass is 342 g/mol. The summed E-state index contributed by atoms with van der Waals surface area (Å²) in [6.45, 7) is 1.49. The highest BCUT2D eigenvalue weighted by molar-refractivity contribution is 5.94. The third kappa shape index (κ3) is 2.91. The van der Waals surface area contributed by atoms with Crippen molar-refractivity contribution >= 4 is 22.9 Å². The zero-order valence-electron chi connectivity index (χ0n) is 14.3. The van der Waals surface area contributed by atoms with E-state index < -0.39 is 0 Å². The molecule has 26 heavy (non-hydrogen) atoms. The van der Waals surface area contributed by atoms with E-state index in [0.29, 0.717) is 17.0 Å². The fourth-order valence-electron chi connectivity index (χ4n) is 3.07. The number of aromatic nitrogens is 2. The van der Waals surface area contributed by atoms with Crippen molar-refractivity contribution in [3.63, 3.8) is 0 Å². The Labute approximate surface area is 151 Å². The van der Waals surface area contributed by atoms with Crippen LogP contribution >= 0.6 is 0 Å². The molecule has 5 nitrogen and oxygen atoms in total. The van der Waals surface area contributed by atoms with Gasteiger partial charge in [-0.3, -0.25) is 9.20 Å². The summed E-state index contributed by atoms with van der Waals surface area (Å²) in [5, 5.41) is 2.88. The maximum absolute atomic E-state index is 11.7. The number of fused-ring (bicyclic) bond motifs is 1. The second-order valence-corrected chi connectivity index (χ2v) is 6.15. The molecule has 2 aromatic heterocycles. The van der Waals surface area contributed by atoms with Gasteiger partial charge in [-0.2, -0.15) is 0 Å². The van der Waals surface area contributed by atoms with Crippen molar-refractivity contribution in [1.29, 1.82) is 0 Å². The van der Waals surface area contributed by atoms with Gasteiger partial charge in [0.2, 0.25) is 5.91 Å². The topological polar surface area (TPSA) is 72.4 Å². The number of anilines is 2. The van der Waals surface area contributed by atoms with Crippen LogP contribution in [0.15, 0.2) is 73.1 Å². The fourth-order valence-corrected chi connectivity index (χ4v) is 3.07. The lowest BCUT2D eigenvalue weighted by Gasteiger charge is -2.11. The predicted molar refractivity (Wildman–Crippen MR) is 105 cm³/mol. The Morgan fingerprint density at radius 3 is 2.50 bits per heavy atom. The van der Waals surface area contributed by atoms with E-state index in [9.17, 15) is 4.79 Å². The average Bonchev–Trinajstić information content (AvgIpc) is 3.06. The molecule has 128 valence electrons. The first-order valence-electron chi connectivity index (χ1n) is 8.32. The van der Waals surface area contributed by atoms with Gasteiger partial charge < -0.3 is 11.1 Å². The molecule has 0 saturated carbocycles. The Morgan fingerprint density at radius 2 is 1.77 bits per heavy atom. The van der Waals surface area contributed by atoms with Crippen LogP contribution in [0.1, 0.15) is 6.92 Å². The molecule has 1 amide bonds. The molecular weight excluding hydrogens is 324 g/mol. The van der Waals surface area contributed by atoms with Gasteiger partial charge in [0.15, 0.2) is 5.65 Å². The minimum absolute atomic E-state index is 0.138. The quantitative estimate of drug-likeness (QED) is 0.548. The SMILES string of the molecule is CC(=O)Nc1cc(-c2cccc(N)c2)cn2c(-c3ccccc3)cnc12. The number of pyridine rings is 1. The highest BCUT2D eigenvalue weighted by Gasteiger charge is 2.13. The van der Waals surface area contributed by atoms with Crippen molar-refractivity contribution in [3.8, 4) is 22.4 Å². The smallest absolute Gasteiger partial charge is 0.221 e. The Bertz CT molecular complexity index is 1100. The van der Waals surface area contributed by atoms with Gasteiger partial charge >= 0.3 is 0 Å². The molecule has 2 heterocycles. The number of carbonyl (C=O) groups excluding carboxylic acids is 1. The fraction of sp³-hybridized carbons (Fsp3) is 0.0476. The summed E-state index contributed by atoms with van der Waals surface area (Å²) in [6.07, 6.45) is 3.84. The molecule has 0 aliphatic carbocycles. The molecule has 0 aliphatic rings. The molecule has 0 bridgehead atoms. The van der Waals surface area contributed by atoms with Crippen LogP contribution in [0.3, 0.4) is 0 Å². The summed E-state index contributed by atoms with van der Waals surface area (Å²) in [7, 11) is 0. The number of nitrogen functional groups attached to an aromatic ring is 1. The summed E-state index contributed by atoms with van der Waals surface area (Å²) in [4.78, 5) is 16.2. The van der Waals surface area contributed by atoms with Gasteiger partial charge in [-0.05, 0) is 23.8 Å². The largest absolute Gasteiger partial charge is 0.399 e. The summed E-state index contributed by atoms with van der Waals surface area (Å²) < 4.78 is 2.00. The maximum Gasteiger partial charge on any atom is 0.221 e. The number of carbonyl (C=O) groups is 1. The Kier molecular flexibility index (Phi) is 3.89. The summed E-state index contributed by atoms with van der Waals surface area (Å²) in [5.41, 5.74) is 11.9. The third-order valence-electron chi connectivity index (χ3n) is 4.21. The number of hydrogen-bond donors (Lipinski definition) is 2. The van der Waals surface area contributed by atoms with E-state index in [0.717, 1.165) is 22.4 Å². The number of nitrogens with zero attached hydrogens (tertiary/aromatic N) is 2. The van der Waals surface area contributed by atoms with Gasteiger partial charge in [-0.1, -0.05) is 42.5 Å². The summed E-state index contributed by atoms with van der Waals surface area (Å²) >= 11 is 0.